The van der Waals surface area contributed by atoms with Crippen LogP contribution in [0.4, 0.5) is 21.8 Å². The minimum atomic E-state index is -0.344. The van der Waals surface area contributed by atoms with E-state index in [1.54, 1.807) is 18.2 Å². The first-order valence-electron chi connectivity index (χ1n) is 8.36. The topological polar surface area (TPSA) is 49.8 Å². The third-order valence-electron chi connectivity index (χ3n) is 4.03. The number of benzene rings is 3. The zero-order valence-corrected chi connectivity index (χ0v) is 15.2. The lowest BCUT2D eigenvalue weighted by molar-refractivity contribution is 0.631. The van der Waals surface area contributed by atoms with Crippen molar-refractivity contribution in [3.8, 4) is 0 Å². The van der Waals surface area contributed by atoms with Crippen molar-refractivity contribution in [1.82, 2.24) is 9.97 Å². The number of halogens is 2. The molecule has 2 N–H and O–H groups in total. The Hall–Kier alpha value is -3.18. The highest BCUT2D eigenvalue weighted by Crippen LogP contribution is 2.24. The number of hydrogen-bond acceptors (Lipinski definition) is 4. The summed E-state index contributed by atoms with van der Waals surface area (Å²) < 4.78 is 13.9. The van der Waals surface area contributed by atoms with E-state index < -0.39 is 0 Å². The van der Waals surface area contributed by atoms with E-state index >= 15 is 0 Å². The van der Waals surface area contributed by atoms with Gasteiger partial charge in [-0.2, -0.15) is 4.98 Å². The number of rotatable bonds is 5. The Morgan fingerprint density at radius 1 is 0.778 bits per heavy atom. The van der Waals surface area contributed by atoms with Gasteiger partial charge in [0.1, 0.15) is 11.6 Å². The van der Waals surface area contributed by atoms with Gasteiger partial charge in [-0.3, -0.25) is 0 Å². The van der Waals surface area contributed by atoms with Crippen LogP contribution in [0.5, 0.6) is 0 Å². The van der Waals surface area contributed by atoms with E-state index in [9.17, 15) is 4.39 Å². The SMILES string of the molecule is Cl.Fc1ccccc1Nc1nc(NCc2ccccc2)c2ccccc2n1. The molecule has 0 radical (unpaired) electrons. The fourth-order valence-corrected chi connectivity index (χ4v) is 2.73. The van der Waals surface area contributed by atoms with E-state index in [4.69, 9.17) is 0 Å². The van der Waals surface area contributed by atoms with Gasteiger partial charge in [0, 0.05) is 11.9 Å². The zero-order valence-electron chi connectivity index (χ0n) is 14.4. The van der Waals surface area contributed by atoms with Crippen LogP contribution in [0.15, 0.2) is 78.9 Å². The van der Waals surface area contributed by atoms with Crippen molar-refractivity contribution in [3.63, 3.8) is 0 Å². The molecule has 0 spiro atoms. The number of hydrogen-bond donors (Lipinski definition) is 2. The van der Waals surface area contributed by atoms with Crippen molar-refractivity contribution in [2.24, 2.45) is 0 Å². The van der Waals surface area contributed by atoms with Crippen LogP contribution in [0.1, 0.15) is 5.56 Å². The molecule has 0 amide bonds. The Morgan fingerprint density at radius 2 is 1.48 bits per heavy atom. The fourth-order valence-electron chi connectivity index (χ4n) is 2.73. The third-order valence-corrected chi connectivity index (χ3v) is 4.03. The summed E-state index contributed by atoms with van der Waals surface area (Å²) in [6.07, 6.45) is 0. The van der Waals surface area contributed by atoms with E-state index in [1.165, 1.54) is 6.07 Å². The first-order chi connectivity index (χ1) is 12.8. The van der Waals surface area contributed by atoms with Crippen molar-refractivity contribution in [2.75, 3.05) is 10.6 Å². The maximum Gasteiger partial charge on any atom is 0.229 e. The van der Waals surface area contributed by atoms with Crippen LogP contribution in [0.3, 0.4) is 0 Å². The number of nitrogens with zero attached hydrogens (tertiary/aromatic N) is 2. The summed E-state index contributed by atoms with van der Waals surface area (Å²) in [4.78, 5) is 9.05. The van der Waals surface area contributed by atoms with Gasteiger partial charge in [-0.1, -0.05) is 54.6 Å². The summed E-state index contributed by atoms with van der Waals surface area (Å²) in [5, 5.41) is 7.24. The molecule has 0 aliphatic carbocycles. The molecular weight excluding hydrogens is 363 g/mol. The molecule has 0 bridgehead atoms. The van der Waals surface area contributed by atoms with Crippen LogP contribution in [0, 0.1) is 5.82 Å². The van der Waals surface area contributed by atoms with Crippen molar-refractivity contribution in [2.45, 2.75) is 6.54 Å². The molecule has 0 fully saturated rings. The van der Waals surface area contributed by atoms with Gasteiger partial charge in [0.25, 0.3) is 0 Å². The second-order valence-electron chi connectivity index (χ2n) is 5.86. The lowest BCUT2D eigenvalue weighted by atomic mass is 10.2. The van der Waals surface area contributed by atoms with Crippen molar-refractivity contribution in [1.29, 1.82) is 0 Å². The molecule has 6 heteroatoms. The molecule has 4 rings (SSSR count). The van der Waals surface area contributed by atoms with Gasteiger partial charge in [-0.05, 0) is 29.8 Å². The molecule has 136 valence electrons. The van der Waals surface area contributed by atoms with Crippen LogP contribution in [-0.4, -0.2) is 9.97 Å². The minimum Gasteiger partial charge on any atom is -0.365 e. The molecule has 4 nitrogen and oxygen atoms in total. The van der Waals surface area contributed by atoms with E-state index in [-0.39, 0.29) is 18.2 Å². The smallest absolute Gasteiger partial charge is 0.229 e. The van der Waals surface area contributed by atoms with E-state index in [2.05, 4.69) is 32.7 Å². The van der Waals surface area contributed by atoms with Gasteiger partial charge in [0.2, 0.25) is 5.95 Å². The maximum absolute atomic E-state index is 13.9. The predicted octanol–water partition coefficient (Wildman–Crippen LogP) is 5.55. The van der Waals surface area contributed by atoms with Gasteiger partial charge in [0.05, 0.1) is 11.2 Å². The summed E-state index contributed by atoms with van der Waals surface area (Å²) in [6.45, 7) is 0.640. The summed E-state index contributed by atoms with van der Waals surface area (Å²) in [5.74, 6) is 0.714. The number of fused-ring (bicyclic) bond motifs is 1. The van der Waals surface area contributed by atoms with Crippen molar-refractivity contribution >= 4 is 40.8 Å². The molecule has 0 atom stereocenters. The standard InChI is InChI=1S/C21H17FN4.ClH/c22-17-11-5-7-13-19(17)25-21-24-18-12-6-4-10-16(18)20(26-21)23-14-15-8-2-1-3-9-15;/h1-13H,14H2,(H2,23,24,25,26);1H. The number of para-hydroxylation sites is 2. The summed E-state index contributed by atoms with van der Waals surface area (Å²) in [5.41, 5.74) is 2.28. The van der Waals surface area contributed by atoms with Gasteiger partial charge >= 0.3 is 0 Å². The molecular formula is C21H18ClFN4. The first kappa shape index (κ1) is 18.6. The second-order valence-corrected chi connectivity index (χ2v) is 5.86. The largest absolute Gasteiger partial charge is 0.365 e. The maximum atomic E-state index is 13.9. The average Bonchev–Trinajstić information content (AvgIpc) is 2.69. The summed E-state index contributed by atoms with van der Waals surface area (Å²) in [6, 6.07) is 24.3. The van der Waals surface area contributed by atoms with Crippen LogP contribution in [-0.2, 0) is 6.54 Å². The molecule has 1 aromatic heterocycles. The van der Waals surface area contributed by atoms with E-state index in [0.29, 0.717) is 24.0 Å². The van der Waals surface area contributed by atoms with Crippen molar-refractivity contribution in [3.05, 3.63) is 90.2 Å². The molecule has 3 aromatic carbocycles. The first-order valence-corrected chi connectivity index (χ1v) is 8.36. The Labute approximate surface area is 162 Å². The highest BCUT2D eigenvalue weighted by Gasteiger charge is 2.09. The molecule has 1 heterocycles. The molecule has 0 aliphatic heterocycles. The summed E-state index contributed by atoms with van der Waals surface area (Å²) in [7, 11) is 0. The average molecular weight is 381 g/mol. The Kier molecular flexibility index (Phi) is 5.84. The van der Waals surface area contributed by atoms with Crippen LogP contribution in [0.2, 0.25) is 0 Å². The molecule has 0 saturated carbocycles. The highest BCUT2D eigenvalue weighted by molar-refractivity contribution is 5.90. The van der Waals surface area contributed by atoms with E-state index in [1.807, 2.05) is 42.5 Å². The monoisotopic (exact) mass is 380 g/mol. The summed E-state index contributed by atoms with van der Waals surface area (Å²) >= 11 is 0. The van der Waals surface area contributed by atoms with Crippen molar-refractivity contribution < 1.29 is 4.39 Å². The Balaban J connectivity index is 0.00000210. The molecule has 4 aromatic rings. The van der Waals surface area contributed by atoms with Gasteiger partial charge in [-0.25, -0.2) is 9.37 Å². The molecule has 27 heavy (non-hydrogen) atoms. The fraction of sp³-hybridized carbons (Fsp3) is 0.0476. The number of aromatic nitrogens is 2. The van der Waals surface area contributed by atoms with Gasteiger partial charge < -0.3 is 10.6 Å². The van der Waals surface area contributed by atoms with Crippen LogP contribution < -0.4 is 10.6 Å². The number of anilines is 3. The Morgan fingerprint density at radius 3 is 2.30 bits per heavy atom. The zero-order chi connectivity index (χ0) is 17.8. The molecule has 0 aliphatic rings. The minimum absolute atomic E-state index is 0. The number of nitrogens with one attached hydrogen (secondary N) is 2. The van der Waals surface area contributed by atoms with E-state index in [0.717, 1.165) is 16.5 Å². The van der Waals surface area contributed by atoms with Gasteiger partial charge in [-0.15, -0.1) is 12.4 Å². The third kappa shape index (κ3) is 4.33. The van der Waals surface area contributed by atoms with Gasteiger partial charge in [0.15, 0.2) is 0 Å². The lowest BCUT2D eigenvalue weighted by Gasteiger charge is -2.12. The second kappa shape index (κ2) is 8.47. The molecule has 0 saturated heterocycles. The Bertz CT molecular complexity index is 1040. The lowest BCUT2D eigenvalue weighted by Crippen LogP contribution is -2.06. The normalized spacial score (nSPS) is 10.3. The quantitative estimate of drug-likeness (QED) is 0.477. The van der Waals surface area contributed by atoms with Crippen LogP contribution in [0.25, 0.3) is 10.9 Å². The highest BCUT2D eigenvalue weighted by atomic mass is 35.5. The predicted molar refractivity (Wildman–Crippen MR) is 110 cm³/mol. The molecule has 0 unspecified atom stereocenters. The van der Waals surface area contributed by atoms with Crippen LogP contribution >= 0.6 is 12.4 Å².